The number of anilines is 1. The molecule has 1 heterocycles. The van der Waals surface area contributed by atoms with Crippen LogP contribution >= 0.6 is 15.9 Å². The van der Waals surface area contributed by atoms with Gasteiger partial charge in [0.15, 0.2) is 0 Å². The third kappa shape index (κ3) is 2.43. The highest BCUT2D eigenvalue weighted by atomic mass is 79.9. The first kappa shape index (κ1) is 13.9. The van der Waals surface area contributed by atoms with E-state index in [0.717, 1.165) is 11.0 Å². The van der Waals surface area contributed by atoms with E-state index in [1.165, 1.54) is 37.1 Å². The average molecular weight is 311 g/mol. The lowest BCUT2D eigenvalue weighted by molar-refractivity contribution is 0.301. The molecule has 0 spiro atoms. The van der Waals surface area contributed by atoms with Gasteiger partial charge in [0.25, 0.3) is 0 Å². The molecule has 1 aliphatic heterocycles. The van der Waals surface area contributed by atoms with Gasteiger partial charge in [0, 0.05) is 35.4 Å². The third-order valence-corrected chi connectivity index (χ3v) is 5.32. The SMILES string of the molecule is CCC1(CC)CCN(c2cccc(Br)c2CN)C1. The van der Waals surface area contributed by atoms with Gasteiger partial charge < -0.3 is 10.6 Å². The van der Waals surface area contributed by atoms with Crippen molar-refractivity contribution >= 4 is 21.6 Å². The van der Waals surface area contributed by atoms with Gasteiger partial charge in [-0.05, 0) is 36.8 Å². The summed E-state index contributed by atoms with van der Waals surface area (Å²) < 4.78 is 1.13. The molecule has 1 saturated heterocycles. The Labute approximate surface area is 119 Å². The Bertz CT molecular complexity index is 413. The molecule has 2 rings (SSSR count). The molecule has 1 aromatic carbocycles. The van der Waals surface area contributed by atoms with Gasteiger partial charge >= 0.3 is 0 Å². The molecule has 0 bridgehead atoms. The van der Waals surface area contributed by atoms with Gasteiger partial charge in [-0.1, -0.05) is 35.8 Å². The summed E-state index contributed by atoms with van der Waals surface area (Å²) in [6, 6.07) is 6.39. The van der Waals surface area contributed by atoms with Crippen LogP contribution in [-0.4, -0.2) is 13.1 Å². The summed E-state index contributed by atoms with van der Waals surface area (Å²) in [5.41, 5.74) is 8.96. The van der Waals surface area contributed by atoms with Gasteiger partial charge in [0.05, 0.1) is 0 Å². The lowest BCUT2D eigenvalue weighted by Gasteiger charge is -2.28. The van der Waals surface area contributed by atoms with Gasteiger partial charge in [-0.15, -0.1) is 0 Å². The molecule has 3 heteroatoms. The van der Waals surface area contributed by atoms with Crippen LogP contribution in [0.15, 0.2) is 22.7 Å². The van der Waals surface area contributed by atoms with Gasteiger partial charge in [-0.3, -0.25) is 0 Å². The van der Waals surface area contributed by atoms with Crippen molar-refractivity contribution in [1.29, 1.82) is 0 Å². The number of hydrogen-bond donors (Lipinski definition) is 1. The second-order valence-corrected chi connectivity index (χ2v) is 6.17. The van der Waals surface area contributed by atoms with E-state index < -0.39 is 0 Å². The molecule has 0 unspecified atom stereocenters. The minimum Gasteiger partial charge on any atom is -0.371 e. The van der Waals surface area contributed by atoms with Crippen LogP contribution in [0.2, 0.25) is 0 Å². The minimum atomic E-state index is 0.508. The summed E-state index contributed by atoms with van der Waals surface area (Å²) in [5.74, 6) is 0. The fourth-order valence-corrected chi connectivity index (χ4v) is 3.53. The van der Waals surface area contributed by atoms with Crippen molar-refractivity contribution in [3.8, 4) is 0 Å². The van der Waals surface area contributed by atoms with Gasteiger partial charge in [-0.2, -0.15) is 0 Å². The second kappa shape index (κ2) is 5.62. The molecular weight excluding hydrogens is 288 g/mol. The van der Waals surface area contributed by atoms with Gasteiger partial charge in [0.1, 0.15) is 0 Å². The summed E-state index contributed by atoms with van der Waals surface area (Å²) in [7, 11) is 0. The fourth-order valence-electron chi connectivity index (χ4n) is 3.01. The van der Waals surface area contributed by atoms with E-state index in [4.69, 9.17) is 5.73 Å². The fraction of sp³-hybridized carbons (Fsp3) is 0.600. The van der Waals surface area contributed by atoms with E-state index in [2.05, 4.69) is 52.9 Å². The van der Waals surface area contributed by atoms with Gasteiger partial charge in [0.2, 0.25) is 0 Å². The molecule has 18 heavy (non-hydrogen) atoms. The van der Waals surface area contributed by atoms with Gasteiger partial charge in [-0.25, -0.2) is 0 Å². The number of nitrogens with zero attached hydrogens (tertiary/aromatic N) is 1. The molecule has 0 saturated carbocycles. The number of hydrogen-bond acceptors (Lipinski definition) is 2. The standard InChI is InChI=1S/C15H23BrN2/c1-3-15(4-2)8-9-18(11-15)14-7-5-6-13(16)12(14)10-17/h5-7H,3-4,8-11,17H2,1-2H3. The van der Waals surface area contributed by atoms with E-state index in [1.54, 1.807) is 0 Å². The maximum absolute atomic E-state index is 5.90. The lowest BCUT2D eigenvalue weighted by atomic mass is 9.82. The molecule has 0 radical (unpaired) electrons. The van der Waals surface area contributed by atoms with Crippen molar-refractivity contribution in [2.24, 2.45) is 11.1 Å². The highest BCUT2D eigenvalue weighted by Crippen LogP contribution is 2.40. The van der Waals surface area contributed by atoms with Crippen molar-refractivity contribution in [3.63, 3.8) is 0 Å². The number of nitrogens with two attached hydrogens (primary N) is 1. The summed E-state index contributed by atoms with van der Waals surface area (Å²) >= 11 is 3.61. The van der Waals surface area contributed by atoms with Crippen LogP contribution in [0.5, 0.6) is 0 Å². The molecule has 2 nitrogen and oxygen atoms in total. The molecule has 1 aromatic rings. The van der Waals surface area contributed by atoms with Crippen molar-refractivity contribution in [2.45, 2.75) is 39.7 Å². The second-order valence-electron chi connectivity index (χ2n) is 5.32. The Morgan fingerprint density at radius 2 is 2.06 bits per heavy atom. The molecule has 1 aliphatic rings. The average Bonchev–Trinajstić information content (AvgIpc) is 2.83. The van der Waals surface area contributed by atoms with Crippen LogP contribution in [0.25, 0.3) is 0 Å². The van der Waals surface area contributed by atoms with Crippen molar-refractivity contribution in [3.05, 3.63) is 28.2 Å². The van der Waals surface area contributed by atoms with Crippen LogP contribution in [0, 0.1) is 5.41 Å². The van der Waals surface area contributed by atoms with E-state index in [0.29, 0.717) is 12.0 Å². The Hall–Kier alpha value is -0.540. The Morgan fingerprint density at radius 1 is 1.33 bits per heavy atom. The van der Waals surface area contributed by atoms with E-state index >= 15 is 0 Å². The van der Waals surface area contributed by atoms with E-state index in [9.17, 15) is 0 Å². The monoisotopic (exact) mass is 310 g/mol. The zero-order valence-electron chi connectivity index (χ0n) is 11.4. The maximum atomic E-state index is 5.90. The summed E-state index contributed by atoms with van der Waals surface area (Å²) in [4.78, 5) is 2.51. The zero-order chi connectivity index (χ0) is 13.2. The molecule has 0 atom stereocenters. The van der Waals surface area contributed by atoms with Crippen molar-refractivity contribution in [1.82, 2.24) is 0 Å². The van der Waals surface area contributed by atoms with E-state index in [1.807, 2.05) is 0 Å². The highest BCUT2D eigenvalue weighted by Gasteiger charge is 2.35. The number of benzene rings is 1. The normalized spacial score (nSPS) is 18.3. The van der Waals surface area contributed by atoms with Crippen LogP contribution in [0.4, 0.5) is 5.69 Å². The topological polar surface area (TPSA) is 29.3 Å². The number of rotatable bonds is 4. The Morgan fingerprint density at radius 3 is 2.61 bits per heavy atom. The van der Waals surface area contributed by atoms with E-state index in [-0.39, 0.29) is 0 Å². The molecule has 2 N–H and O–H groups in total. The van der Waals surface area contributed by atoms with Crippen LogP contribution in [0.3, 0.4) is 0 Å². The van der Waals surface area contributed by atoms with Crippen molar-refractivity contribution in [2.75, 3.05) is 18.0 Å². The first-order chi connectivity index (χ1) is 8.65. The predicted molar refractivity (Wildman–Crippen MR) is 81.9 cm³/mol. The molecule has 0 amide bonds. The minimum absolute atomic E-state index is 0.508. The molecule has 0 aromatic heterocycles. The largest absolute Gasteiger partial charge is 0.371 e. The molecule has 0 aliphatic carbocycles. The molecule has 100 valence electrons. The number of halogens is 1. The summed E-state index contributed by atoms with van der Waals surface area (Å²) in [6.07, 6.45) is 3.84. The van der Waals surface area contributed by atoms with Crippen LogP contribution < -0.4 is 10.6 Å². The molecule has 1 fully saturated rings. The molecular formula is C15H23BrN2. The van der Waals surface area contributed by atoms with Crippen molar-refractivity contribution < 1.29 is 0 Å². The lowest BCUT2D eigenvalue weighted by Crippen LogP contribution is -2.27. The smallest absolute Gasteiger partial charge is 0.0423 e. The summed E-state index contributed by atoms with van der Waals surface area (Å²) in [5, 5.41) is 0. The first-order valence-corrected chi connectivity index (χ1v) is 7.67. The van der Waals surface area contributed by atoms with Crippen LogP contribution in [-0.2, 0) is 6.54 Å². The predicted octanol–water partition coefficient (Wildman–Crippen LogP) is 3.92. The quantitative estimate of drug-likeness (QED) is 0.913. The Kier molecular flexibility index (Phi) is 4.33. The zero-order valence-corrected chi connectivity index (χ0v) is 13.0. The van der Waals surface area contributed by atoms with Crippen LogP contribution in [0.1, 0.15) is 38.7 Å². The third-order valence-electron chi connectivity index (χ3n) is 4.58. The summed E-state index contributed by atoms with van der Waals surface area (Å²) in [6.45, 7) is 7.56. The maximum Gasteiger partial charge on any atom is 0.0423 e. The first-order valence-electron chi connectivity index (χ1n) is 6.88. The highest BCUT2D eigenvalue weighted by molar-refractivity contribution is 9.10. The Balaban J connectivity index is 2.27.